The van der Waals surface area contributed by atoms with Gasteiger partial charge in [0.2, 0.25) is 0 Å². The zero-order chi connectivity index (χ0) is 12.4. The largest absolute Gasteiger partial charge is 0.397 e. The van der Waals surface area contributed by atoms with Crippen LogP contribution in [0.3, 0.4) is 0 Å². The number of hydrogen-bond acceptors (Lipinski definition) is 5. The summed E-state index contributed by atoms with van der Waals surface area (Å²) in [6.45, 7) is 4.00. The summed E-state index contributed by atoms with van der Waals surface area (Å²) < 4.78 is 0.699. The Kier molecular flexibility index (Phi) is 3.39. The molecular weight excluding hydrogens is 304 g/mol. The fraction of sp³-hybridized carbons (Fsp3) is 0.100. The number of halogens is 1. The average Bonchev–Trinajstić information content (AvgIpc) is 2.64. The Balaban J connectivity index is 2.32. The van der Waals surface area contributed by atoms with Gasteiger partial charge in [-0.25, -0.2) is 0 Å². The number of nitrogens with one attached hydrogen (secondary N) is 1. The van der Waals surface area contributed by atoms with Gasteiger partial charge in [-0.2, -0.15) is 5.10 Å². The van der Waals surface area contributed by atoms with Gasteiger partial charge in [0.25, 0.3) is 5.91 Å². The summed E-state index contributed by atoms with van der Waals surface area (Å²) in [6, 6.07) is 1.74. The lowest BCUT2D eigenvalue weighted by Gasteiger charge is -2.02. The van der Waals surface area contributed by atoms with Crippen LogP contribution in [0.4, 0.5) is 5.69 Å². The van der Waals surface area contributed by atoms with Crippen LogP contribution < -0.4 is 11.1 Å². The van der Waals surface area contributed by atoms with E-state index in [0.717, 1.165) is 5.39 Å². The van der Waals surface area contributed by atoms with Gasteiger partial charge in [0.1, 0.15) is 9.71 Å². The minimum atomic E-state index is -0.230. The SMILES string of the molecule is C=C(Br)CNC(=O)c1sc2nnccc2c1N. The van der Waals surface area contributed by atoms with Crippen molar-refractivity contribution < 1.29 is 4.79 Å². The third kappa shape index (κ3) is 2.45. The predicted molar refractivity (Wildman–Crippen MR) is 72.2 cm³/mol. The van der Waals surface area contributed by atoms with E-state index in [1.165, 1.54) is 11.3 Å². The molecule has 88 valence electrons. The molecule has 0 unspecified atom stereocenters. The van der Waals surface area contributed by atoms with E-state index >= 15 is 0 Å². The number of nitrogens with two attached hydrogens (primary N) is 1. The molecule has 0 aliphatic carbocycles. The van der Waals surface area contributed by atoms with Crippen LogP contribution in [0.15, 0.2) is 23.3 Å². The van der Waals surface area contributed by atoms with Crippen molar-refractivity contribution in [2.45, 2.75) is 0 Å². The second kappa shape index (κ2) is 4.80. The Morgan fingerprint density at radius 1 is 1.65 bits per heavy atom. The van der Waals surface area contributed by atoms with Gasteiger partial charge in [-0.1, -0.05) is 22.5 Å². The Morgan fingerprint density at radius 2 is 2.41 bits per heavy atom. The minimum Gasteiger partial charge on any atom is -0.397 e. The molecule has 0 atom stereocenters. The Bertz CT molecular complexity index is 595. The van der Waals surface area contributed by atoms with Crippen molar-refractivity contribution in [2.24, 2.45) is 0 Å². The fourth-order valence-corrected chi connectivity index (χ4v) is 2.39. The van der Waals surface area contributed by atoms with Gasteiger partial charge in [-0.15, -0.1) is 16.4 Å². The molecule has 0 aliphatic rings. The average molecular weight is 313 g/mol. The molecule has 17 heavy (non-hydrogen) atoms. The Labute approximate surface area is 110 Å². The van der Waals surface area contributed by atoms with E-state index in [2.05, 4.69) is 38.0 Å². The molecule has 0 aliphatic heterocycles. The maximum Gasteiger partial charge on any atom is 0.263 e. The molecule has 0 fully saturated rings. The Hall–Kier alpha value is -1.47. The molecule has 0 saturated heterocycles. The van der Waals surface area contributed by atoms with Crippen molar-refractivity contribution in [1.82, 2.24) is 15.5 Å². The number of aromatic nitrogens is 2. The topological polar surface area (TPSA) is 80.9 Å². The number of thiophene rings is 1. The molecule has 0 radical (unpaired) electrons. The highest BCUT2D eigenvalue weighted by Gasteiger charge is 2.16. The van der Waals surface area contributed by atoms with Gasteiger partial charge >= 0.3 is 0 Å². The Morgan fingerprint density at radius 3 is 3.06 bits per heavy atom. The van der Waals surface area contributed by atoms with Gasteiger partial charge in [0.15, 0.2) is 0 Å². The van der Waals surface area contributed by atoms with E-state index in [1.54, 1.807) is 12.3 Å². The highest BCUT2D eigenvalue weighted by Crippen LogP contribution is 2.31. The quantitative estimate of drug-likeness (QED) is 0.907. The van der Waals surface area contributed by atoms with Crippen LogP contribution in [0.5, 0.6) is 0 Å². The first-order chi connectivity index (χ1) is 8.09. The number of rotatable bonds is 3. The number of hydrogen-bond donors (Lipinski definition) is 2. The van der Waals surface area contributed by atoms with Crippen molar-refractivity contribution in [1.29, 1.82) is 0 Å². The van der Waals surface area contributed by atoms with Crippen LogP contribution >= 0.6 is 27.3 Å². The van der Waals surface area contributed by atoms with Crippen molar-refractivity contribution in [3.63, 3.8) is 0 Å². The number of amides is 1. The van der Waals surface area contributed by atoms with Crippen molar-refractivity contribution in [3.05, 3.63) is 28.2 Å². The normalized spacial score (nSPS) is 10.4. The van der Waals surface area contributed by atoms with Gasteiger partial charge in [0, 0.05) is 16.4 Å². The van der Waals surface area contributed by atoms with E-state index in [4.69, 9.17) is 5.73 Å². The van der Waals surface area contributed by atoms with Gasteiger partial charge in [-0.3, -0.25) is 4.79 Å². The number of carbonyl (C=O) groups excluding carboxylic acids is 1. The number of nitrogen functional groups attached to an aromatic ring is 1. The van der Waals surface area contributed by atoms with Crippen LogP contribution in [0, 0.1) is 0 Å². The molecule has 0 saturated carbocycles. The smallest absolute Gasteiger partial charge is 0.263 e. The van der Waals surface area contributed by atoms with Crippen molar-refractivity contribution >= 4 is 49.1 Å². The summed E-state index contributed by atoms with van der Waals surface area (Å²) in [5.74, 6) is -0.230. The summed E-state index contributed by atoms with van der Waals surface area (Å²) in [4.78, 5) is 13.0. The van der Waals surface area contributed by atoms with E-state index in [-0.39, 0.29) is 5.91 Å². The third-order valence-corrected chi connectivity index (χ3v) is 3.45. The van der Waals surface area contributed by atoms with Gasteiger partial charge < -0.3 is 11.1 Å². The summed E-state index contributed by atoms with van der Waals surface area (Å²) in [7, 11) is 0. The molecule has 0 spiro atoms. The molecule has 7 heteroatoms. The zero-order valence-corrected chi connectivity index (χ0v) is 11.1. The molecule has 3 N–H and O–H groups in total. The summed E-state index contributed by atoms with van der Waals surface area (Å²) in [5.41, 5.74) is 6.34. The summed E-state index contributed by atoms with van der Waals surface area (Å²) in [6.07, 6.45) is 1.55. The van der Waals surface area contributed by atoms with E-state index in [9.17, 15) is 4.79 Å². The molecule has 1 amide bonds. The van der Waals surface area contributed by atoms with Crippen LogP contribution in [0.1, 0.15) is 9.67 Å². The lowest BCUT2D eigenvalue weighted by atomic mass is 10.3. The van der Waals surface area contributed by atoms with Crippen LogP contribution in [0.2, 0.25) is 0 Å². The second-order valence-electron chi connectivity index (χ2n) is 3.29. The van der Waals surface area contributed by atoms with Crippen LogP contribution in [-0.2, 0) is 0 Å². The van der Waals surface area contributed by atoms with E-state index in [1.807, 2.05) is 0 Å². The maximum absolute atomic E-state index is 11.8. The first kappa shape index (κ1) is 12.0. The van der Waals surface area contributed by atoms with Crippen LogP contribution in [-0.4, -0.2) is 22.6 Å². The van der Waals surface area contributed by atoms with Crippen molar-refractivity contribution in [3.8, 4) is 0 Å². The van der Waals surface area contributed by atoms with Gasteiger partial charge in [0.05, 0.1) is 11.9 Å². The first-order valence-corrected chi connectivity index (χ1v) is 6.31. The molecule has 2 heterocycles. The van der Waals surface area contributed by atoms with Gasteiger partial charge in [-0.05, 0) is 6.07 Å². The standard InChI is InChI=1S/C10H9BrN4OS/c1-5(11)4-13-9(16)8-7(12)6-2-3-14-15-10(6)17-8/h2-3H,1,4,12H2,(H,13,16). The molecule has 2 aromatic heterocycles. The number of anilines is 1. The minimum absolute atomic E-state index is 0.230. The lowest BCUT2D eigenvalue weighted by Crippen LogP contribution is -2.24. The highest BCUT2D eigenvalue weighted by molar-refractivity contribution is 9.11. The second-order valence-corrected chi connectivity index (χ2v) is 5.42. The highest BCUT2D eigenvalue weighted by atomic mass is 79.9. The lowest BCUT2D eigenvalue weighted by molar-refractivity contribution is 0.0962. The molecule has 2 aromatic rings. The maximum atomic E-state index is 11.8. The number of carbonyl (C=O) groups is 1. The van der Waals surface area contributed by atoms with E-state index < -0.39 is 0 Å². The predicted octanol–water partition coefficient (Wildman–Crippen LogP) is 1.91. The van der Waals surface area contributed by atoms with Crippen molar-refractivity contribution in [2.75, 3.05) is 12.3 Å². The van der Waals surface area contributed by atoms with E-state index in [0.29, 0.717) is 26.4 Å². The molecule has 2 rings (SSSR count). The fourth-order valence-electron chi connectivity index (χ4n) is 1.30. The monoisotopic (exact) mass is 312 g/mol. The summed E-state index contributed by atoms with van der Waals surface area (Å²) >= 11 is 4.40. The number of nitrogens with zero attached hydrogens (tertiary/aromatic N) is 2. The zero-order valence-electron chi connectivity index (χ0n) is 8.74. The molecule has 0 bridgehead atoms. The molecule has 0 aromatic carbocycles. The number of fused-ring (bicyclic) bond motifs is 1. The van der Waals surface area contributed by atoms with Crippen LogP contribution in [0.25, 0.3) is 10.2 Å². The molecular formula is C10H9BrN4OS. The summed E-state index contributed by atoms with van der Waals surface area (Å²) in [5, 5.41) is 11.1. The first-order valence-electron chi connectivity index (χ1n) is 4.70. The third-order valence-electron chi connectivity index (χ3n) is 2.07. The molecule has 5 nitrogen and oxygen atoms in total.